The standard InChI is InChI=1S/C16H26BrNO3/c1-4-7-18-12-13-10-14(17)16(15(11-13)20-6-3)21-9-8-19-5-2/h10-11,18H,4-9,12H2,1-3H3. The molecule has 1 aromatic rings. The maximum atomic E-state index is 5.79. The number of ether oxygens (including phenoxy) is 3. The summed E-state index contributed by atoms with van der Waals surface area (Å²) in [5.41, 5.74) is 1.18. The lowest BCUT2D eigenvalue weighted by atomic mass is 10.2. The quantitative estimate of drug-likeness (QED) is 0.610. The number of hydrogen-bond acceptors (Lipinski definition) is 4. The predicted molar refractivity (Wildman–Crippen MR) is 89.3 cm³/mol. The average Bonchev–Trinajstić information content (AvgIpc) is 2.46. The Hall–Kier alpha value is -0.780. The van der Waals surface area contributed by atoms with Gasteiger partial charge >= 0.3 is 0 Å². The second-order valence-electron chi connectivity index (χ2n) is 4.56. The van der Waals surface area contributed by atoms with Crippen LogP contribution in [-0.4, -0.2) is 33.0 Å². The number of halogens is 1. The van der Waals surface area contributed by atoms with E-state index in [1.807, 2.05) is 19.9 Å². The molecule has 0 heterocycles. The summed E-state index contributed by atoms with van der Waals surface area (Å²) in [6.07, 6.45) is 1.12. The Morgan fingerprint density at radius 2 is 1.86 bits per heavy atom. The molecule has 0 saturated carbocycles. The van der Waals surface area contributed by atoms with Crippen molar-refractivity contribution in [2.45, 2.75) is 33.7 Å². The molecule has 0 amide bonds. The Kier molecular flexibility index (Phi) is 9.46. The largest absolute Gasteiger partial charge is 0.490 e. The van der Waals surface area contributed by atoms with Gasteiger partial charge in [0.2, 0.25) is 0 Å². The van der Waals surface area contributed by atoms with E-state index >= 15 is 0 Å². The number of nitrogens with one attached hydrogen (secondary N) is 1. The third-order valence-electron chi connectivity index (χ3n) is 2.80. The molecule has 1 rings (SSSR count). The van der Waals surface area contributed by atoms with Crippen molar-refractivity contribution in [1.29, 1.82) is 0 Å². The van der Waals surface area contributed by atoms with Crippen LogP contribution in [-0.2, 0) is 11.3 Å². The van der Waals surface area contributed by atoms with Gasteiger partial charge in [-0.1, -0.05) is 6.92 Å². The van der Waals surface area contributed by atoms with E-state index in [1.165, 1.54) is 5.56 Å². The molecule has 0 aromatic heterocycles. The van der Waals surface area contributed by atoms with Crippen LogP contribution in [0, 0.1) is 0 Å². The van der Waals surface area contributed by atoms with Crippen molar-refractivity contribution in [1.82, 2.24) is 5.32 Å². The van der Waals surface area contributed by atoms with Crippen molar-refractivity contribution in [2.24, 2.45) is 0 Å². The number of rotatable bonds is 11. The molecule has 0 unspecified atom stereocenters. The maximum absolute atomic E-state index is 5.79. The molecule has 4 nitrogen and oxygen atoms in total. The lowest BCUT2D eigenvalue weighted by molar-refractivity contribution is 0.108. The van der Waals surface area contributed by atoms with E-state index in [4.69, 9.17) is 14.2 Å². The van der Waals surface area contributed by atoms with Gasteiger partial charge in [0.15, 0.2) is 11.5 Å². The molecular formula is C16H26BrNO3. The van der Waals surface area contributed by atoms with Crippen LogP contribution in [0.3, 0.4) is 0 Å². The third kappa shape index (κ3) is 6.68. The van der Waals surface area contributed by atoms with Gasteiger partial charge in [-0.15, -0.1) is 0 Å². The Morgan fingerprint density at radius 1 is 1.05 bits per heavy atom. The highest BCUT2D eigenvalue weighted by Gasteiger charge is 2.12. The Labute approximate surface area is 136 Å². The summed E-state index contributed by atoms with van der Waals surface area (Å²) in [6.45, 7) is 10.3. The average molecular weight is 360 g/mol. The van der Waals surface area contributed by atoms with Gasteiger partial charge in [-0.3, -0.25) is 0 Å². The van der Waals surface area contributed by atoms with E-state index in [2.05, 4.69) is 34.2 Å². The van der Waals surface area contributed by atoms with Gasteiger partial charge in [0.05, 0.1) is 17.7 Å². The van der Waals surface area contributed by atoms with Crippen molar-refractivity contribution < 1.29 is 14.2 Å². The van der Waals surface area contributed by atoms with Gasteiger partial charge in [0.25, 0.3) is 0 Å². The van der Waals surface area contributed by atoms with Gasteiger partial charge in [0.1, 0.15) is 6.61 Å². The van der Waals surface area contributed by atoms with Crippen LogP contribution in [0.1, 0.15) is 32.8 Å². The topological polar surface area (TPSA) is 39.7 Å². The molecule has 0 atom stereocenters. The highest BCUT2D eigenvalue weighted by Crippen LogP contribution is 2.36. The normalized spacial score (nSPS) is 10.7. The fraction of sp³-hybridized carbons (Fsp3) is 0.625. The van der Waals surface area contributed by atoms with E-state index < -0.39 is 0 Å². The Balaban J connectivity index is 2.75. The summed E-state index contributed by atoms with van der Waals surface area (Å²) >= 11 is 3.57. The number of benzene rings is 1. The molecule has 0 aliphatic rings. The van der Waals surface area contributed by atoms with Crippen molar-refractivity contribution >= 4 is 15.9 Å². The second-order valence-corrected chi connectivity index (χ2v) is 5.41. The summed E-state index contributed by atoms with van der Waals surface area (Å²) in [7, 11) is 0. The van der Waals surface area contributed by atoms with Crippen LogP contribution in [0.4, 0.5) is 0 Å². The summed E-state index contributed by atoms with van der Waals surface area (Å²) in [5, 5.41) is 3.39. The van der Waals surface area contributed by atoms with Crippen molar-refractivity contribution in [3.8, 4) is 11.5 Å². The minimum Gasteiger partial charge on any atom is -0.490 e. The first kappa shape index (κ1) is 18.3. The van der Waals surface area contributed by atoms with Gasteiger partial charge in [-0.2, -0.15) is 0 Å². The molecule has 0 fully saturated rings. The van der Waals surface area contributed by atoms with Gasteiger partial charge in [-0.05, 0) is 60.4 Å². The Morgan fingerprint density at radius 3 is 2.52 bits per heavy atom. The van der Waals surface area contributed by atoms with Gasteiger partial charge in [-0.25, -0.2) is 0 Å². The molecule has 21 heavy (non-hydrogen) atoms. The van der Waals surface area contributed by atoms with Crippen LogP contribution in [0.25, 0.3) is 0 Å². The first-order valence-electron chi connectivity index (χ1n) is 7.59. The van der Waals surface area contributed by atoms with Gasteiger partial charge in [0, 0.05) is 13.2 Å². The minimum atomic E-state index is 0.514. The Bertz CT molecular complexity index is 413. The smallest absolute Gasteiger partial charge is 0.175 e. The van der Waals surface area contributed by atoms with Crippen molar-refractivity contribution in [3.05, 3.63) is 22.2 Å². The molecule has 0 spiro atoms. The monoisotopic (exact) mass is 359 g/mol. The van der Waals surface area contributed by atoms with E-state index in [0.29, 0.717) is 26.4 Å². The lowest BCUT2D eigenvalue weighted by Crippen LogP contribution is -2.14. The highest BCUT2D eigenvalue weighted by atomic mass is 79.9. The highest BCUT2D eigenvalue weighted by molar-refractivity contribution is 9.10. The molecule has 120 valence electrons. The van der Waals surface area contributed by atoms with Crippen LogP contribution in [0.15, 0.2) is 16.6 Å². The molecule has 1 aromatic carbocycles. The van der Waals surface area contributed by atoms with E-state index in [0.717, 1.165) is 35.5 Å². The molecule has 0 aliphatic heterocycles. The first-order valence-corrected chi connectivity index (χ1v) is 8.38. The zero-order valence-corrected chi connectivity index (χ0v) is 14.8. The van der Waals surface area contributed by atoms with Crippen LogP contribution >= 0.6 is 15.9 Å². The molecule has 0 bridgehead atoms. The molecule has 0 saturated heterocycles. The second kappa shape index (κ2) is 10.9. The summed E-state index contributed by atoms with van der Waals surface area (Å²) < 4.78 is 17.7. The molecule has 1 N–H and O–H groups in total. The summed E-state index contributed by atoms with van der Waals surface area (Å²) in [5.74, 6) is 1.52. The molecular weight excluding hydrogens is 334 g/mol. The molecule has 0 radical (unpaired) electrons. The third-order valence-corrected chi connectivity index (χ3v) is 3.39. The first-order chi connectivity index (χ1) is 10.2. The fourth-order valence-electron chi connectivity index (χ4n) is 1.88. The summed E-state index contributed by atoms with van der Waals surface area (Å²) in [6, 6.07) is 4.11. The van der Waals surface area contributed by atoms with Crippen LogP contribution in [0.5, 0.6) is 11.5 Å². The van der Waals surface area contributed by atoms with E-state index in [9.17, 15) is 0 Å². The zero-order chi connectivity index (χ0) is 15.5. The van der Waals surface area contributed by atoms with Crippen molar-refractivity contribution in [2.75, 3.05) is 33.0 Å². The minimum absolute atomic E-state index is 0.514. The zero-order valence-electron chi connectivity index (χ0n) is 13.2. The molecule has 5 heteroatoms. The molecule has 0 aliphatic carbocycles. The lowest BCUT2D eigenvalue weighted by Gasteiger charge is -2.15. The van der Waals surface area contributed by atoms with E-state index in [-0.39, 0.29) is 0 Å². The van der Waals surface area contributed by atoms with Crippen molar-refractivity contribution in [3.63, 3.8) is 0 Å². The summed E-state index contributed by atoms with van der Waals surface area (Å²) in [4.78, 5) is 0. The van der Waals surface area contributed by atoms with Gasteiger partial charge < -0.3 is 19.5 Å². The number of hydrogen-bond donors (Lipinski definition) is 1. The predicted octanol–water partition coefficient (Wildman–Crippen LogP) is 3.76. The SMILES string of the molecule is CCCNCc1cc(Br)c(OCCOCC)c(OCC)c1. The van der Waals surface area contributed by atoms with E-state index in [1.54, 1.807) is 0 Å². The maximum Gasteiger partial charge on any atom is 0.175 e. The van der Waals surface area contributed by atoms with Crippen LogP contribution in [0.2, 0.25) is 0 Å². The fourth-order valence-corrected chi connectivity index (χ4v) is 2.49. The van der Waals surface area contributed by atoms with Crippen LogP contribution < -0.4 is 14.8 Å².